The van der Waals surface area contributed by atoms with Crippen molar-refractivity contribution in [1.82, 2.24) is 4.90 Å². The molecule has 9 heteroatoms. The van der Waals surface area contributed by atoms with Gasteiger partial charge >= 0.3 is 0 Å². The third-order valence-corrected chi connectivity index (χ3v) is 8.13. The predicted molar refractivity (Wildman–Crippen MR) is 126 cm³/mol. The average Bonchev–Trinajstić information content (AvgIpc) is 3.34. The number of methoxy groups -OCH3 is 1. The molecule has 3 heterocycles. The minimum absolute atomic E-state index is 0.000971. The molecule has 34 heavy (non-hydrogen) atoms. The van der Waals surface area contributed by atoms with Crippen molar-refractivity contribution in [2.24, 2.45) is 0 Å². The van der Waals surface area contributed by atoms with Crippen LogP contribution in [0.5, 0.6) is 11.5 Å². The summed E-state index contributed by atoms with van der Waals surface area (Å²) in [6.45, 7) is 2.52. The summed E-state index contributed by atoms with van der Waals surface area (Å²) in [5.41, 5.74) is 0.862. The van der Waals surface area contributed by atoms with E-state index in [9.17, 15) is 18.0 Å². The molecule has 0 aliphatic carbocycles. The van der Waals surface area contributed by atoms with E-state index in [4.69, 9.17) is 13.9 Å². The minimum atomic E-state index is -3.27. The predicted octanol–water partition coefficient (Wildman–Crippen LogP) is 3.32. The fourth-order valence-corrected chi connectivity index (χ4v) is 6.53. The van der Waals surface area contributed by atoms with E-state index in [-0.39, 0.29) is 28.3 Å². The Bertz CT molecular complexity index is 1440. The Morgan fingerprint density at radius 2 is 1.91 bits per heavy atom. The highest BCUT2D eigenvalue weighted by molar-refractivity contribution is 7.91. The Balaban J connectivity index is 1.70. The smallest absolute Gasteiger partial charge is 0.291 e. The van der Waals surface area contributed by atoms with Crippen LogP contribution in [0, 0.1) is 0 Å². The second kappa shape index (κ2) is 8.47. The monoisotopic (exact) mass is 483 g/mol. The van der Waals surface area contributed by atoms with Crippen LogP contribution in [0.15, 0.2) is 51.7 Å². The molecule has 1 amide bonds. The molecular weight excluding hydrogens is 458 g/mol. The van der Waals surface area contributed by atoms with Crippen LogP contribution >= 0.6 is 0 Å². The van der Waals surface area contributed by atoms with E-state index in [1.807, 2.05) is 6.92 Å². The van der Waals surface area contributed by atoms with Gasteiger partial charge in [0.25, 0.3) is 5.91 Å². The van der Waals surface area contributed by atoms with Gasteiger partial charge in [-0.2, -0.15) is 0 Å². The fourth-order valence-electron chi connectivity index (χ4n) is 4.82. The molecule has 0 bridgehead atoms. The number of benzene rings is 2. The largest absolute Gasteiger partial charge is 0.493 e. The van der Waals surface area contributed by atoms with E-state index < -0.39 is 27.8 Å². The first kappa shape index (κ1) is 22.5. The minimum Gasteiger partial charge on any atom is -0.493 e. The van der Waals surface area contributed by atoms with Gasteiger partial charge in [-0.25, -0.2) is 8.42 Å². The fraction of sp³-hybridized carbons (Fsp3) is 0.360. The average molecular weight is 484 g/mol. The van der Waals surface area contributed by atoms with Crippen LogP contribution in [-0.4, -0.2) is 50.5 Å². The summed E-state index contributed by atoms with van der Waals surface area (Å²) in [7, 11) is -1.75. The highest BCUT2D eigenvalue weighted by Crippen LogP contribution is 2.43. The van der Waals surface area contributed by atoms with Gasteiger partial charge in [0.1, 0.15) is 5.58 Å². The van der Waals surface area contributed by atoms with Gasteiger partial charge < -0.3 is 18.8 Å². The number of hydrogen-bond donors (Lipinski definition) is 0. The van der Waals surface area contributed by atoms with Crippen molar-refractivity contribution in [2.75, 3.05) is 25.2 Å². The van der Waals surface area contributed by atoms with Gasteiger partial charge in [0, 0.05) is 6.04 Å². The number of rotatable bonds is 6. The Hall–Kier alpha value is -3.33. The van der Waals surface area contributed by atoms with Crippen LogP contribution in [0.1, 0.15) is 47.5 Å². The van der Waals surface area contributed by atoms with E-state index in [0.29, 0.717) is 41.1 Å². The lowest BCUT2D eigenvalue weighted by molar-refractivity contribution is 0.0662. The molecule has 3 aromatic rings. The summed E-state index contributed by atoms with van der Waals surface area (Å²) in [4.78, 5) is 28.7. The molecule has 0 N–H and O–H groups in total. The van der Waals surface area contributed by atoms with Gasteiger partial charge in [0.05, 0.1) is 42.2 Å². The molecule has 2 aliphatic rings. The van der Waals surface area contributed by atoms with Gasteiger partial charge in [-0.3, -0.25) is 9.59 Å². The highest BCUT2D eigenvalue weighted by atomic mass is 32.2. The number of carbonyl (C=O) groups is 1. The summed E-state index contributed by atoms with van der Waals surface area (Å²) in [5, 5.41) is 0.370. The molecule has 0 spiro atoms. The maximum atomic E-state index is 13.6. The van der Waals surface area contributed by atoms with E-state index in [1.165, 1.54) is 12.0 Å². The van der Waals surface area contributed by atoms with E-state index >= 15 is 0 Å². The molecule has 2 aromatic carbocycles. The normalized spacial score (nSPS) is 21.1. The standard InChI is InChI=1S/C25H25NO7S/c1-3-11-32-19-9-8-15(13-20(19)31-2)22-21-23(27)17-6-4-5-7-18(17)33-24(21)25(28)26(22)16-10-12-34(29,30)14-16/h4-9,13,16,22H,3,10-12,14H2,1-2H3/t16-,22+/m1/s1. The number of carbonyl (C=O) groups excluding carboxylic acids is 1. The third-order valence-electron chi connectivity index (χ3n) is 6.38. The topological polar surface area (TPSA) is 103 Å². The van der Waals surface area contributed by atoms with Crippen molar-refractivity contribution in [3.8, 4) is 11.5 Å². The first-order chi connectivity index (χ1) is 16.3. The zero-order valence-corrected chi connectivity index (χ0v) is 19.8. The number of para-hydroxylation sites is 1. The van der Waals surface area contributed by atoms with Gasteiger partial charge in [-0.1, -0.05) is 25.1 Å². The lowest BCUT2D eigenvalue weighted by atomic mass is 9.97. The van der Waals surface area contributed by atoms with Gasteiger partial charge in [-0.15, -0.1) is 0 Å². The number of fused-ring (bicyclic) bond motifs is 2. The van der Waals surface area contributed by atoms with Gasteiger partial charge in [0.2, 0.25) is 5.76 Å². The van der Waals surface area contributed by atoms with Crippen molar-refractivity contribution in [2.45, 2.75) is 31.8 Å². The summed E-state index contributed by atoms with van der Waals surface area (Å²) < 4.78 is 41.7. The van der Waals surface area contributed by atoms with Gasteiger partial charge in [0.15, 0.2) is 26.8 Å². The molecule has 178 valence electrons. The first-order valence-corrected chi connectivity index (χ1v) is 13.1. The quantitative estimate of drug-likeness (QED) is 0.530. The van der Waals surface area contributed by atoms with Crippen molar-refractivity contribution in [3.63, 3.8) is 0 Å². The molecule has 2 aliphatic heterocycles. The lowest BCUT2D eigenvalue weighted by Gasteiger charge is -2.30. The van der Waals surface area contributed by atoms with Crippen LogP contribution in [0.3, 0.4) is 0 Å². The van der Waals surface area contributed by atoms with Crippen LogP contribution in [0.4, 0.5) is 0 Å². The Morgan fingerprint density at radius 3 is 2.62 bits per heavy atom. The van der Waals surface area contributed by atoms with Crippen LogP contribution in [0.25, 0.3) is 11.0 Å². The molecule has 0 unspecified atom stereocenters. The summed E-state index contributed by atoms with van der Waals surface area (Å²) in [6, 6.07) is 10.7. The summed E-state index contributed by atoms with van der Waals surface area (Å²) in [5.74, 6) is 0.361. The molecule has 5 rings (SSSR count). The molecule has 0 saturated carbocycles. The molecule has 8 nitrogen and oxygen atoms in total. The van der Waals surface area contributed by atoms with Crippen molar-refractivity contribution < 1.29 is 27.1 Å². The summed E-state index contributed by atoms with van der Waals surface area (Å²) >= 11 is 0. The third kappa shape index (κ3) is 3.64. The maximum Gasteiger partial charge on any atom is 0.291 e. The summed E-state index contributed by atoms with van der Waals surface area (Å²) in [6.07, 6.45) is 1.13. The molecular formula is C25H25NO7S. The van der Waals surface area contributed by atoms with Crippen molar-refractivity contribution >= 4 is 26.7 Å². The molecule has 1 saturated heterocycles. The van der Waals surface area contributed by atoms with E-state index in [1.54, 1.807) is 42.5 Å². The Morgan fingerprint density at radius 1 is 1.12 bits per heavy atom. The van der Waals surface area contributed by atoms with Gasteiger partial charge in [-0.05, 0) is 42.7 Å². The molecule has 0 radical (unpaired) electrons. The number of hydrogen-bond acceptors (Lipinski definition) is 7. The first-order valence-electron chi connectivity index (χ1n) is 11.2. The Kier molecular flexibility index (Phi) is 5.59. The van der Waals surface area contributed by atoms with Crippen LogP contribution < -0.4 is 14.9 Å². The molecule has 1 aromatic heterocycles. The zero-order chi connectivity index (χ0) is 24.0. The lowest BCUT2D eigenvalue weighted by Crippen LogP contribution is -2.40. The van der Waals surface area contributed by atoms with E-state index in [0.717, 1.165) is 6.42 Å². The molecule has 1 fully saturated rings. The van der Waals surface area contributed by atoms with Crippen LogP contribution in [-0.2, 0) is 9.84 Å². The Labute approximate surface area is 197 Å². The number of nitrogens with zero attached hydrogens (tertiary/aromatic N) is 1. The van der Waals surface area contributed by atoms with Crippen molar-refractivity contribution in [3.05, 3.63) is 69.6 Å². The van der Waals surface area contributed by atoms with E-state index in [2.05, 4.69) is 0 Å². The highest BCUT2D eigenvalue weighted by Gasteiger charge is 2.48. The SMILES string of the molecule is CCCOc1ccc([C@H]2c3c(oc4ccccc4c3=O)C(=O)N2[C@@H]2CCS(=O)(=O)C2)cc1OC. The molecule has 2 atom stereocenters. The number of amides is 1. The second-order valence-electron chi connectivity index (χ2n) is 8.60. The zero-order valence-electron chi connectivity index (χ0n) is 18.9. The van der Waals surface area contributed by atoms with Crippen molar-refractivity contribution in [1.29, 1.82) is 0 Å². The maximum absolute atomic E-state index is 13.6. The second-order valence-corrected chi connectivity index (χ2v) is 10.8. The number of ether oxygens (including phenoxy) is 2. The van der Waals surface area contributed by atoms with Crippen LogP contribution in [0.2, 0.25) is 0 Å². The number of sulfone groups is 1.